The van der Waals surface area contributed by atoms with Crippen LogP contribution in [0.15, 0.2) is 11.6 Å². The Morgan fingerprint density at radius 3 is 2.71 bits per heavy atom. The highest BCUT2D eigenvalue weighted by atomic mass is 16.1. The summed E-state index contributed by atoms with van der Waals surface area (Å²) in [6.07, 6.45) is 7.68. The first-order valence-corrected chi connectivity index (χ1v) is 5.67. The van der Waals surface area contributed by atoms with Gasteiger partial charge in [-0.05, 0) is 42.1 Å². The maximum atomic E-state index is 12.0. The first-order valence-electron chi connectivity index (χ1n) is 5.67. The third kappa shape index (κ3) is 1.53. The summed E-state index contributed by atoms with van der Waals surface area (Å²) in [4.78, 5) is 12.0. The van der Waals surface area contributed by atoms with E-state index in [1.807, 2.05) is 0 Å². The minimum atomic E-state index is 0.192. The SMILES string of the molecule is CC1(C)CC(=O)C2=CCCCC2(C)C1. The van der Waals surface area contributed by atoms with E-state index in [4.69, 9.17) is 0 Å². The molecule has 0 heterocycles. The number of hydrogen-bond donors (Lipinski definition) is 0. The Bertz CT molecular complexity index is 298. The van der Waals surface area contributed by atoms with Crippen LogP contribution in [0.2, 0.25) is 0 Å². The van der Waals surface area contributed by atoms with Gasteiger partial charge in [-0.15, -0.1) is 0 Å². The Kier molecular flexibility index (Phi) is 2.09. The molecule has 1 nitrogen and oxygen atoms in total. The highest BCUT2D eigenvalue weighted by Gasteiger charge is 2.44. The first-order chi connectivity index (χ1) is 6.43. The Morgan fingerprint density at radius 1 is 1.29 bits per heavy atom. The molecule has 0 N–H and O–H groups in total. The van der Waals surface area contributed by atoms with Gasteiger partial charge in [0.05, 0.1) is 0 Å². The number of fused-ring (bicyclic) bond motifs is 1. The Labute approximate surface area is 86.6 Å². The monoisotopic (exact) mass is 192 g/mol. The molecule has 0 aromatic rings. The van der Waals surface area contributed by atoms with Crippen LogP contribution in [0.3, 0.4) is 0 Å². The smallest absolute Gasteiger partial charge is 0.159 e. The summed E-state index contributed by atoms with van der Waals surface area (Å²) in [6, 6.07) is 0. The van der Waals surface area contributed by atoms with Crippen molar-refractivity contribution in [2.24, 2.45) is 10.8 Å². The van der Waals surface area contributed by atoms with Crippen molar-refractivity contribution in [2.75, 3.05) is 0 Å². The number of carbonyl (C=O) groups is 1. The summed E-state index contributed by atoms with van der Waals surface area (Å²) < 4.78 is 0. The highest BCUT2D eigenvalue weighted by molar-refractivity contribution is 5.98. The molecule has 0 aromatic carbocycles. The first kappa shape index (κ1) is 9.95. The number of Topliss-reactive ketones (excluding diaryl/α,β-unsaturated/α-hetero) is 1. The van der Waals surface area contributed by atoms with Gasteiger partial charge in [0.15, 0.2) is 5.78 Å². The van der Waals surface area contributed by atoms with E-state index in [1.54, 1.807) is 0 Å². The predicted octanol–water partition coefficient (Wildman–Crippen LogP) is 3.49. The number of allylic oxidation sites excluding steroid dienone is 2. The summed E-state index contributed by atoms with van der Waals surface area (Å²) >= 11 is 0. The van der Waals surface area contributed by atoms with Crippen molar-refractivity contribution in [3.05, 3.63) is 11.6 Å². The minimum Gasteiger partial charge on any atom is -0.295 e. The number of rotatable bonds is 0. The molecular weight excluding hydrogens is 172 g/mol. The van der Waals surface area contributed by atoms with E-state index < -0.39 is 0 Å². The Balaban J connectivity index is 2.37. The maximum absolute atomic E-state index is 12.0. The lowest BCUT2D eigenvalue weighted by Crippen LogP contribution is -2.39. The van der Waals surface area contributed by atoms with Crippen LogP contribution < -0.4 is 0 Å². The van der Waals surface area contributed by atoms with Gasteiger partial charge in [0.1, 0.15) is 0 Å². The summed E-state index contributed by atoms with van der Waals surface area (Å²) in [5.74, 6) is 0.406. The van der Waals surface area contributed by atoms with Crippen molar-refractivity contribution < 1.29 is 4.79 Å². The van der Waals surface area contributed by atoms with E-state index >= 15 is 0 Å². The number of carbonyl (C=O) groups excluding carboxylic acids is 1. The lowest BCUT2D eigenvalue weighted by Gasteiger charge is -2.45. The largest absolute Gasteiger partial charge is 0.295 e. The zero-order chi connectivity index (χ0) is 10.4. The van der Waals surface area contributed by atoms with Crippen molar-refractivity contribution in [1.29, 1.82) is 0 Å². The van der Waals surface area contributed by atoms with Crippen LogP contribution in [0.25, 0.3) is 0 Å². The minimum absolute atomic E-state index is 0.192. The molecule has 0 bridgehead atoms. The topological polar surface area (TPSA) is 17.1 Å². The van der Waals surface area contributed by atoms with Crippen LogP contribution >= 0.6 is 0 Å². The molecule has 0 aliphatic heterocycles. The van der Waals surface area contributed by atoms with Gasteiger partial charge >= 0.3 is 0 Å². The van der Waals surface area contributed by atoms with Crippen molar-refractivity contribution >= 4 is 5.78 Å². The molecule has 2 aliphatic rings. The van der Waals surface area contributed by atoms with E-state index in [2.05, 4.69) is 26.8 Å². The fraction of sp³-hybridized carbons (Fsp3) is 0.769. The molecule has 2 aliphatic carbocycles. The van der Waals surface area contributed by atoms with Crippen LogP contribution in [-0.4, -0.2) is 5.78 Å². The fourth-order valence-electron chi connectivity index (χ4n) is 3.40. The Hall–Kier alpha value is -0.590. The van der Waals surface area contributed by atoms with E-state index in [-0.39, 0.29) is 10.8 Å². The van der Waals surface area contributed by atoms with Gasteiger partial charge in [-0.3, -0.25) is 4.79 Å². The average molecular weight is 192 g/mol. The van der Waals surface area contributed by atoms with Crippen molar-refractivity contribution in [3.8, 4) is 0 Å². The van der Waals surface area contributed by atoms with Gasteiger partial charge in [0.2, 0.25) is 0 Å². The molecule has 0 spiro atoms. The van der Waals surface area contributed by atoms with Gasteiger partial charge in [-0.2, -0.15) is 0 Å². The quantitative estimate of drug-likeness (QED) is 0.574. The molecule has 0 saturated heterocycles. The van der Waals surface area contributed by atoms with E-state index in [0.717, 1.165) is 18.4 Å². The molecule has 1 unspecified atom stereocenters. The van der Waals surface area contributed by atoms with Gasteiger partial charge < -0.3 is 0 Å². The van der Waals surface area contributed by atoms with Crippen molar-refractivity contribution in [3.63, 3.8) is 0 Å². The molecule has 14 heavy (non-hydrogen) atoms. The third-order valence-electron chi connectivity index (χ3n) is 3.74. The van der Waals surface area contributed by atoms with Crippen LogP contribution in [0.1, 0.15) is 52.9 Å². The fourth-order valence-corrected chi connectivity index (χ4v) is 3.40. The molecule has 0 aromatic heterocycles. The van der Waals surface area contributed by atoms with E-state index in [9.17, 15) is 4.79 Å². The maximum Gasteiger partial charge on any atom is 0.159 e. The molecule has 0 radical (unpaired) electrons. The lowest BCUT2D eigenvalue weighted by atomic mass is 9.58. The van der Waals surface area contributed by atoms with Gasteiger partial charge in [-0.25, -0.2) is 0 Å². The second kappa shape index (κ2) is 2.95. The zero-order valence-corrected chi connectivity index (χ0v) is 9.52. The van der Waals surface area contributed by atoms with Gasteiger partial charge in [0.25, 0.3) is 0 Å². The zero-order valence-electron chi connectivity index (χ0n) is 9.52. The third-order valence-corrected chi connectivity index (χ3v) is 3.74. The van der Waals surface area contributed by atoms with Crippen molar-refractivity contribution in [2.45, 2.75) is 52.9 Å². The standard InChI is InChI=1S/C13H20O/c1-12(2)8-11(14)10-6-4-5-7-13(10,3)9-12/h6H,4-5,7-9H2,1-3H3. The molecule has 1 atom stereocenters. The van der Waals surface area contributed by atoms with E-state index in [1.165, 1.54) is 19.3 Å². The summed E-state index contributed by atoms with van der Waals surface area (Å²) in [5.41, 5.74) is 1.54. The van der Waals surface area contributed by atoms with Gasteiger partial charge in [0, 0.05) is 6.42 Å². The second-order valence-electron chi connectivity index (χ2n) is 6.01. The molecule has 1 heteroatoms. The van der Waals surface area contributed by atoms with E-state index in [0.29, 0.717) is 5.78 Å². The average Bonchev–Trinajstić information content (AvgIpc) is 1.99. The molecular formula is C13H20O. The highest BCUT2D eigenvalue weighted by Crippen LogP contribution is 2.51. The summed E-state index contributed by atoms with van der Waals surface area (Å²) in [5, 5.41) is 0. The molecule has 0 amide bonds. The Morgan fingerprint density at radius 2 is 2.00 bits per heavy atom. The summed E-state index contributed by atoms with van der Waals surface area (Å²) in [7, 11) is 0. The molecule has 1 saturated carbocycles. The normalized spacial score (nSPS) is 36.2. The molecule has 1 fully saturated rings. The number of hydrogen-bond acceptors (Lipinski definition) is 1. The van der Waals surface area contributed by atoms with Crippen LogP contribution in [0.4, 0.5) is 0 Å². The van der Waals surface area contributed by atoms with Crippen LogP contribution in [0.5, 0.6) is 0 Å². The van der Waals surface area contributed by atoms with Gasteiger partial charge in [-0.1, -0.05) is 26.8 Å². The second-order valence-corrected chi connectivity index (χ2v) is 6.01. The lowest BCUT2D eigenvalue weighted by molar-refractivity contribution is -0.121. The van der Waals surface area contributed by atoms with Crippen LogP contribution in [-0.2, 0) is 4.79 Å². The van der Waals surface area contributed by atoms with Crippen LogP contribution in [0, 0.1) is 10.8 Å². The number of ketones is 1. The summed E-state index contributed by atoms with van der Waals surface area (Å²) in [6.45, 7) is 6.72. The molecule has 78 valence electrons. The molecule has 2 rings (SSSR count). The predicted molar refractivity (Wildman–Crippen MR) is 58.1 cm³/mol. The van der Waals surface area contributed by atoms with Crippen molar-refractivity contribution in [1.82, 2.24) is 0 Å².